The van der Waals surface area contributed by atoms with E-state index in [2.05, 4.69) is 10.3 Å². The van der Waals surface area contributed by atoms with Crippen molar-refractivity contribution in [2.45, 2.75) is 25.7 Å². The molecule has 2 heterocycles. The number of hydrogen-bond donors (Lipinski definition) is 1. The lowest BCUT2D eigenvalue weighted by molar-refractivity contribution is -0.126. The highest BCUT2D eigenvalue weighted by Crippen LogP contribution is 2.36. The number of anilines is 1. The van der Waals surface area contributed by atoms with Crippen molar-refractivity contribution < 1.29 is 13.2 Å². The zero-order chi connectivity index (χ0) is 11.9. The van der Waals surface area contributed by atoms with Crippen molar-refractivity contribution in [3.05, 3.63) is 16.5 Å². The molecule has 1 aliphatic heterocycles. The first-order valence-corrected chi connectivity index (χ1v) is 5.74. The van der Waals surface area contributed by atoms with Crippen molar-refractivity contribution in [1.29, 1.82) is 0 Å². The number of aliphatic imine (C=N–C) groups is 1. The van der Waals surface area contributed by atoms with E-state index in [0.29, 0.717) is 10.6 Å². The molecular formula is C9H8ClF3N2S. The smallest absolute Gasteiger partial charge is 0.355 e. The molecule has 88 valence electrons. The summed E-state index contributed by atoms with van der Waals surface area (Å²) in [5.41, 5.74) is 0.559. The molecule has 0 radical (unpaired) electrons. The fourth-order valence-electron chi connectivity index (χ4n) is 1.45. The maximum absolute atomic E-state index is 12.2. The minimum absolute atomic E-state index is 0.197. The average Bonchev–Trinajstić information content (AvgIpc) is 2.43. The summed E-state index contributed by atoms with van der Waals surface area (Å²) in [6.45, 7) is 1.79. The van der Waals surface area contributed by atoms with E-state index >= 15 is 0 Å². The van der Waals surface area contributed by atoms with Crippen LogP contribution in [0.25, 0.3) is 0 Å². The Balaban J connectivity index is 2.29. The maximum Gasteiger partial charge on any atom is 0.393 e. The largest absolute Gasteiger partial charge is 0.393 e. The second-order valence-electron chi connectivity index (χ2n) is 3.49. The van der Waals surface area contributed by atoms with Gasteiger partial charge in [-0.3, -0.25) is 0 Å². The summed E-state index contributed by atoms with van der Waals surface area (Å²) >= 11 is 6.94. The van der Waals surface area contributed by atoms with Gasteiger partial charge in [-0.25, -0.2) is 4.99 Å². The number of alkyl halides is 3. The maximum atomic E-state index is 12.2. The molecule has 7 heteroatoms. The zero-order valence-corrected chi connectivity index (χ0v) is 9.80. The Hall–Kier alpha value is -0.750. The van der Waals surface area contributed by atoms with Crippen LogP contribution in [0.3, 0.4) is 0 Å². The molecular weight excluding hydrogens is 261 g/mol. The highest BCUT2D eigenvalue weighted by molar-refractivity contribution is 7.16. The molecule has 1 N–H and O–H groups in total. The predicted molar refractivity (Wildman–Crippen MR) is 59.6 cm³/mol. The van der Waals surface area contributed by atoms with Crippen LogP contribution in [-0.4, -0.2) is 17.5 Å². The Bertz CT molecular complexity index is 438. The third kappa shape index (κ3) is 2.49. The van der Waals surface area contributed by atoms with Gasteiger partial charge in [0.2, 0.25) is 0 Å². The molecule has 0 aliphatic carbocycles. The summed E-state index contributed by atoms with van der Waals surface area (Å²) in [4.78, 5) is 4.27. The van der Waals surface area contributed by atoms with Crippen LogP contribution >= 0.6 is 22.9 Å². The number of halogens is 4. The zero-order valence-electron chi connectivity index (χ0n) is 8.23. The molecule has 0 saturated heterocycles. The highest BCUT2D eigenvalue weighted by atomic mass is 35.5. The predicted octanol–water partition coefficient (Wildman–Crippen LogP) is 3.61. The first kappa shape index (κ1) is 11.7. The monoisotopic (exact) mass is 268 g/mol. The van der Waals surface area contributed by atoms with Crippen molar-refractivity contribution in [1.82, 2.24) is 0 Å². The van der Waals surface area contributed by atoms with Gasteiger partial charge >= 0.3 is 6.18 Å². The van der Waals surface area contributed by atoms with E-state index < -0.39 is 12.6 Å². The van der Waals surface area contributed by atoms with Crippen LogP contribution in [0.2, 0.25) is 0 Å². The average molecular weight is 269 g/mol. The summed E-state index contributed by atoms with van der Waals surface area (Å²) < 4.78 is 36.6. The lowest BCUT2D eigenvalue weighted by Gasteiger charge is -2.16. The Morgan fingerprint density at radius 1 is 1.56 bits per heavy atom. The van der Waals surface area contributed by atoms with Gasteiger partial charge in [-0.2, -0.15) is 13.2 Å². The van der Waals surface area contributed by atoms with E-state index in [0.717, 1.165) is 11.3 Å². The SMILES string of the molecule is CC1N=C(Cl)c2cc(CC(F)(F)F)sc2N1. The van der Waals surface area contributed by atoms with Gasteiger partial charge in [-0.05, 0) is 13.0 Å². The van der Waals surface area contributed by atoms with Gasteiger partial charge in [0.1, 0.15) is 16.3 Å². The molecule has 1 atom stereocenters. The standard InChI is InChI=1S/C9H8ClF3N2S/c1-4-14-7(10)6-2-5(3-9(11,12)13)16-8(6)15-4/h2,4,15H,3H2,1H3. The minimum Gasteiger partial charge on any atom is -0.355 e. The van der Waals surface area contributed by atoms with Crippen LogP contribution in [0.4, 0.5) is 18.2 Å². The number of hydrogen-bond acceptors (Lipinski definition) is 3. The van der Waals surface area contributed by atoms with E-state index in [9.17, 15) is 13.2 Å². The summed E-state index contributed by atoms with van der Waals surface area (Å²) in [6, 6.07) is 1.44. The Kier molecular flexibility index (Phi) is 2.88. The molecule has 16 heavy (non-hydrogen) atoms. The van der Waals surface area contributed by atoms with E-state index in [1.165, 1.54) is 6.07 Å². The van der Waals surface area contributed by atoms with Gasteiger partial charge in [0.25, 0.3) is 0 Å². The van der Waals surface area contributed by atoms with Crippen molar-refractivity contribution in [3.8, 4) is 0 Å². The Labute approximate surface area is 99.1 Å². The number of fused-ring (bicyclic) bond motifs is 1. The first-order chi connectivity index (χ1) is 7.35. The molecule has 2 rings (SSSR count). The molecule has 0 spiro atoms. The van der Waals surface area contributed by atoms with Crippen molar-refractivity contribution >= 4 is 33.1 Å². The molecule has 0 aromatic carbocycles. The summed E-state index contributed by atoms with van der Waals surface area (Å²) in [5.74, 6) is 0. The summed E-state index contributed by atoms with van der Waals surface area (Å²) in [7, 11) is 0. The molecule has 0 bridgehead atoms. The van der Waals surface area contributed by atoms with Gasteiger partial charge in [-0.1, -0.05) is 11.6 Å². The summed E-state index contributed by atoms with van der Waals surface area (Å²) in [5, 5.41) is 3.90. The molecule has 1 aromatic rings. The van der Waals surface area contributed by atoms with Crippen molar-refractivity contribution in [3.63, 3.8) is 0 Å². The van der Waals surface area contributed by atoms with Gasteiger partial charge in [0.05, 0.1) is 6.42 Å². The molecule has 1 unspecified atom stereocenters. The highest BCUT2D eigenvalue weighted by Gasteiger charge is 2.30. The number of rotatable bonds is 1. The Morgan fingerprint density at radius 3 is 2.88 bits per heavy atom. The van der Waals surface area contributed by atoms with Crippen LogP contribution in [0.15, 0.2) is 11.1 Å². The van der Waals surface area contributed by atoms with Gasteiger partial charge in [0.15, 0.2) is 0 Å². The molecule has 2 nitrogen and oxygen atoms in total. The van der Waals surface area contributed by atoms with E-state index in [-0.39, 0.29) is 16.2 Å². The lowest BCUT2D eigenvalue weighted by Crippen LogP contribution is -2.18. The van der Waals surface area contributed by atoms with Gasteiger partial charge < -0.3 is 5.32 Å². The first-order valence-electron chi connectivity index (χ1n) is 4.55. The molecule has 1 aromatic heterocycles. The van der Waals surface area contributed by atoms with Gasteiger partial charge in [-0.15, -0.1) is 11.3 Å². The fourth-order valence-corrected chi connectivity index (χ4v) is 2.97. The second-order valence-corrected chi connectivity index (χ2v) is 4.98. The quantitative estimate of drug-likeness (QED) is 0.827. The molecule has 0 fully saturated rings. The topological polar surface area (TPSA) is 24.4 Å². The van der Waals surface area contributed by atoms with Crippen LogP contribution in [0.5, 0.6) is 0 Å². The number of thiophene rings is 1. The number of nitrogens with zero attached hydrogens (tertiary/aromatic N) is 1. The van der Waals surface area contributed by atoms with Crippen molar-refractivity contribution in [2.75, 3.05) is 5.32 Å². The third-order valence-electron chi connectivity index (χ3n) is 2.03. The van der Waals surface area contributed by atoms with Crippen LogP contribution in [0, 0.1) is 0 Å². The second kappa shape index (κ2) is 3.92. The number of nitrogens with one attached hydrogen (secondary N) is 1. The van der Waals surface area contributed by atoms with E-state index in [4.69, 9.17) is 11.6 Å². The summed E-state index contributed by atoms with van der Waals surface area (Å²) in [6.07, 6.45) is -5.31. The van der Waals surface area contributed by atoms with Crippen LogP contribution in [-0.2, 0) is 6.42 Å². The van der Waals surface area contributed by atoms with Gasteiger partial charge in [0, 0.05) is 10.4 Å². The van der Waals surface area contributed by atoms with E-state index in [1.54, 1.807) is 6.92 Å². The van der Waals surface area contributed by atoms with E-state index in [1.807, 2.05) is 0 Å². The fraction of sp³-hybridized carbons (Fsp3) is 0.444. The van der Waals surface area contributed by atoms with Crippen LogP contribution in [0.1, 0.15) is 17.4 Å². The third-order valence-corrected chi connectivity index (χ3v) is 3.39. The normalized spacial score (nSPS) is 20.1. The Morgan fingerprint density at radius 2 is 2.25 bits per heavy atom. The molecule has 0 amide bonds. The van der Waals surface area contributed by atoms with Crippen LogP contribution < -0.4 is 5.32 Å². The van der Waals surface area contributed by atoms with Crippen molar-refractivity contribution in [2.24, 2.45) is 4.99 Å². The molecule has 0 saturated carbocycles. The lowest BCUT2D eigenvalue weighted by atomic mass is 10.2. The molecule has 1 aliphatic rings. The minimum atomic E-state index is -4.19.